The van der Waals surface area contributed by atoms with Crippen LogP contribution in [-0.2, 0) is 16.6 Å². The number of rotatable bonds is 6. The van der Waals surface area contributed by atoms with Gasteiger partial charge in [0.1, 0.15) is 64.2 Å². The molecule has 1 N–H and O–H groups in total. The van der Waals surface area contributed by atoms with Crippen molar-refractivity contribution in [3.05, 3.63) is 146 Å². The van der Waals surface area contributed by atoms with Crippen LogP contribution in [0.4, 0.5) is 87.8 Å². The van der Waals surface area contributed by atoms with Gasteiger partial charge in [-0.05, 0) is 23.0 Å². The van der Waals surface area contributed by atoms with Gasteiger partial charge in [-0.3, -0.25) is 0 Å². The molecular formula is C33H13BF20OS. The quantitative estimate of drug-likeness (QED) is 0.0614. The molecule has 5 aromatic carbocycles. The smallest absolute Gasteiger partial charge is 0.200 e. The fraction of sp³-hybridized carbons (Fsp3) is 0.0909. The van der Waals surface area contributed by atoms with E-state index in [1.807, 2.05) is 12.1 Å². The molecule has 1 nitrogen and oxygen atoms in total. The van der Waals surface area contributed by atoms with Crippen LogP contribution in [0.2, 0.25) is 0 Å². The second kappa shape index (κ2) is 15.8. The first-order valence-corrected chi connectivity index (χ1v) is 16.6. The average Bonchev–Trinajstić information content (AvgIpc) is 3.15. The topological polar surface area (TPSA) is 20.2 Å². The third-order valence-electron chi connectivity index (χ3n) is 8.10. The Morgan fingerprint density at radius 2 is 0.518 bits per heavy atom. The molecule has 0 aliphatic carbocycles. The molecule has 0 amide bonds. The maximum absolute atomic E-state index is 15.4. The Bertz CT molecular complexity index is 2000. The van der Waals surface area contributed by atoms with Crippen LogP contribution in [0.3, 0.4) is 0 Å². The predicted molar refractivity (Wildman–Crippen MR) is 160 cm³/mol. The van der Waals surface area contributed by atoms with E-state index in [1.165, 1.54) is 5.56 Å². The fourth-order valence-corrected chi connectivity index (χ4v) is 6.66. The zero-order valence-corrected chi connectivity index (χ0v) is 27.8. The van der Waals surface area contributed by atoms with Crippen molar-refractivity contribution in [3.63, 3.8) is 0 Å². The van der Waals surface area contributed by atoms with Gasteiger partial charge in [0.2, 0.25) is 0 Å². The second-order valence-corrected chi connectivity index (χ2v) is 13.9. The minimum absolute atomic E-state index is 0.348. The summed E-state index contributed by atoms with van der Waals surface area (Å²) in [6.45, 7) is 0. The highest BCUT2D eigenvalue weighted by Crippen LogP contribution is 2.30. The maximum Gasteiger partial charge on any atom is 0.200 e. The highest BCUT2D eigenvalue weighted by molar-refractivity contribution is 7.94. The van der Waals surface area contributed by atoms with Crippen LogP contribution < -0.4 is 21.9 Å². The van der Waals surface area contributed by atoms with Crippen LogP contribution in [0.15, 0.2) is 24.3 Å². The Balaban J connectivity index is 0.000000544. The van der Waals surface area contributed by atoms with Crippen molar-refractivity contribution < 1.29 is 92.9 Å². The molecule has 56 heavy (non-hydrogen) atoms. The Hall–Kier alpha value is -5.09. The predicted octanol–water partition coefficient (Wildman–Crippen LogP) is 7.62. The summed E-state index contributed by atoms with van der Waals surface area (Å²) in [5.74, 6) is -69.9. The van der Waals surface area contributed by atoms with E-state index >= 15 is 35.1 Å². The van der Waals surface area contributed by atoms with E-state index in [9.17, 15) is 52.7 Å². The van der Waals surface area contributed by atoms with E-state index < -0.39 is 144 Å². The number of hydrogen-bond donors (Lipinski definition) is 1. The van der Waals surface area contributed by atoms with Gasteiger partial charge >= 0.3 is 0 Å². The average molecular weight is 848 g/mol. The number of hydrogen-bond acceptors (Lipinski definition) is 1. The van der Waals surface area contributed by atoms with E-state index in [1.54, 1.807) is 12.1 Å². The molecule has 23 heteroatoms. The molecule has 0 aromatic heterocycles. The lowest BCUT2D eigenvalue weighted by molar-refractivity contribution is 0.378. The first-order valence-electron chi connectivity index (χ1n) is 14.4. The molecule has 5 rings (SSSR count). The molecule has 0 radical (unpaired) electrons. The number of benzene rings is 5. The van der Waals surface area contributed by atoms with Gasteiger partial charge in [-0.1, -0.05) is 12.1 Å². The molecule has 0 unspecified atom stereocenters. The number of phenols is 1. The van der Waals surface area contributed by atoms with Crippen LogP contribution in [0.25, 0.3) is 0 Å². The Morgan fingerprint density at radius 1 is 0.339 bits per heavy atom. The Morgan fingerprint density at radius 3 is 0.696 bits per heavy atom. The summed E-state index contributed by atoms with van der Waals surface area (Å²) in [5, 5.41) is 8.99. The molecule has 0 bridgehead atoms. The van der Waals surface area contributed by atoms with Crippen molar-refractivity contribution in [2.45, 2.75) is 5.75 Å². The minimum atomic E-state index is -7.22. The molecular weight excluding hydrogens is 835 g/mol. The first-order chi connectivity index (χ1) is 25.9. The molecule has 0 saturated carbocycles. The molecule has 0 atom stereocenters. The molecule has 0 spiro atoms. The van der Waals surface area contributed by atoms with E-state index in [-0.39, 0.29) is 0 Å². The third-order valence-corrected chi connectivity index (χ3v) is 9.01. The van der Waals surface area contributed by atoms with Crippen molar-refractivity contribution in [1.82, 2.24) is 0 Å². The molecule has 5 aromatic rings. The summed E-state index contributed by atoms with van der Waals surface area (Å²) in [5.41, 5.74) is -13.0. The third kappa shape index (κ3) is 6.76. The maximum atomic E-state index is 15.4. The van der Waals surface area contributed by atoms with E-state index in [0.717, 1.165) is 5.75 Å². The first kappa shape index (κ1) is 43.6. The second-order valence-electron chi connectivity index (χ2n) is 11.6. The highest BCUT2D eigenvalue weighted by Gasteiger charge is 2.52. The summed E-state index contributed by atoms with van der Waals surface area (Å²) in [4.78, 5) is 0. The van der Waals surface area contributed by atoms with Gasteiger partial charge in [0, 0.05) is 5.56 Å². The lowest BCUT2D eigenvalue weighted by atomic mass is 9.12. The largest absolute Gasteiger partial charge is 0.508 e. The molecule has 300 valence electrons. The SMILES string of the molecule is C[S+](C)Cc1ccc(O)cc1.Fc1c(F)c(F)c([B-](c2c(F)c(F)c(F)c(F)c2F)(c2c(F)c(F)c(F)c(F)c2F)c2c(F)c(F)c(F)c(F)c2F)c(F)c1F. The number of aromatic hydroxyl groups is 1. The van der Waals surface area contributed by atoms with Crippen LogP contribution >= 0.6 is 0 Å². The van der Waals surface area contributed by atoms with Gasteiger partial charge in [-0.25, -0.2) is 87.8 Å². The van der Waals surface area contributed by atoms with E-state index in [4.69, 9.17) is 5.11 Å². The summed E-state index contributed by atoms with van der Waals surface area (Å²) in [6.07, 6.45) is -2.79. The van der Waals surface area contributed by atoms with Crippen molar-refractivity contribution in [2.75, 3.05) is 12.5 Å². The van der Waals surface area contributed by atoms with Crippen LogP contribution in [-0.4, -0.2) is 23.8 Å². The van der Waals surface area contributed by atoms with Crippen molar-refractivity contribution in [1.29, 1.82) is 0 Å². The summed E-state index contributed by atoms with van der Waals surface area (Å²) in [7, 11) is 0.445. The summed E-state index contributed by atoms with van der Waals surface area (Å²) in [6, 6.07) is 7.43. The van der Waals surface area contributed by atoms with Crippen molar-refractivity contribution in [2.24, 2.45) is 0 Å². The van der Waals surface area contributed by atoms with Crippen LogP contribution in [0, 0.1) is 116 Å². The standard InChI is InChI=1S/C24BF20.C9H12OS/c26-5-1(6(27)14(35)21(42)13(5)34)25(2-7(28)15(36)22(43)16(37)8(2)29,3-9(30)17(38)23(44)18(39)10(3)31)4-11(32)19(40)24(45)20(41)12(4)33;1-11(2)7-8-3-5-9(10)6-4-8/h;3-6H,7H2,1-2H3/q-1;/p+1. The van der Waals surface area contributed by atoms with Crippen LogP contribution in [0.1, 0.15) is 5.56 Å². The van der Waals surface area contributed by atoms with Gasteiger partial charge in [0.15, 0.2) is 69.8 Å². The number of halogens is 20. The lowest BCUT2D eigenvalue weighted by Crippen LogP contribution is -2.81. The monoisotopic (exact) mass is 848 g/mol. The molecule has 0 fully saturated rings. The molecule has 0 heterocycles. The fourth-order valence-electron chi connectivity index (χ4n) is 5.80. The molecule has 0 aliphatic rings. The van der Waals surface area contributed by atoms with Crippen molar-refractivity contribution in [3.8, 4) is 5.75 Å². The Labute approximate surface area is 302 Å². The summed E-state index contributed by atoms with van der Waals surface area (Å²) < 4.78 is 294. The van der Waals surface area contributed by atoms with Crippen molar-refractivity contribution >= 4 is 38.9 Å². The molecule has 0 saturated heterocycles. The highest BCUT2D eigenvalue weighted by atomic mass is 32.2. The van der Waals surface area contributed by atoms with Crippen LogP contribution in [0.5, 0.6) is 5.75 Å². The normalized spacial score (nSPS) is 11.7. The van der Waals surface area contributed by atoms with Gasteiger partial charge in [0.05, 0.1) is 12.5 Å². The minimum Gasteiger partial charge on any atom is -0.508 e. The van der Waals surface area contributed by atoms with E-state index in [0.29, 0.717) is 16.6 Å². The van der Waals surface area contributed by atoms with Gasteiger partial charge in [0.25, 0.3) is 0 Å². The van der Waals surface area contributed by atoms with Gasteiger partial charge < -0.3 is 5.11 Å². The zero-order valence-electron chi connectivity index (χ0n) is 27.0. The molecule has 0 aliphatic heterocycles. The zero-order chi connectivity index (χ0) is 42.6. The van der Waals surface area contributed by atoms with Gasteiger partial charge in [-0.2, -0.15) is 0 Å². The number of phenolic OH excluding ortho intramolecular Hbond substituents is 1. The lowest BCUT2D eigenvalue weighted by Gasteiger charge is -2.44. The van der Waals surface area contributed by atoms with E-state index in [2.05, 4.69) is 12.5 Å². The summed E-state index contributed by atoms with van der Waals surface area (Å²) >= 11 is 0. The Kier molecular flexibility index (Phi) is 12.3. The van der Waals surface area contributed by atoms with Gasteiger partial charge in [-0.15, -0.1) is 21.9 Å².